The molecule has 2 fully saturated rings. The second-order valence-electron chi connectivity index (χ2n) is 7.69. The highest BCUT2D eigenvalue weighted by Crippen LogP contribution is 2.36. The van der Waals surface area contributed by atoms with Gasteiger partial charge in [0.1, 0.15) is 5.82 Å². The Morgan fingerprint density at radius 2 is 1.76 bits per heavy atom. The Morgan fingerprint density at radius 1 is 1.16 bits per heavy atom. The summed E-state index contributed by atoms with van der Waals surface area (Å²) < 4.78 is 31.6. The number of nitrogens with one attached hydrogen (secondary N) is 1. The topological polar surface area (TPSA) is 56.8 Å². The van der Waals surface area contributed by atoms with Gasteiger partial charge < -0.3 is 19.4 Å². The molecule has 2 saturated heterocycles. The van der Waals surface area contributed by atoms with Gasteiger partial charge in [-0.15, -0.1) is 0 Å². The smallest absolute Gasteiger partial charge is 0.399 e. The Bertz CT molecular complexity index is 642. The van der Waals surface area contributed by atoms with Gasteiger partial charge in [-0.25, -0.2) is 4.39 Å². The highest BCUT2D eigenvalue weighted by atomic mass is 19.1. The van der Waals surface area contributed by atoms with Crippen LogP contribution in [0.4, 0.5) is 4.39 Å². The van der Waals surface area contributed by atoms with Crippen LogP contribution in [0.3, 0.4) is 0 Å². The zero-order valence-electron chi connectivity index (χ0n) is 15.2. The van der Waals surface area contributed by atoms with Crippen molar-refractivity contribution in [2.45, 2.75) is 57.8 Å². The van der Waals surface area contributed by atoms with Crippen molar-refractivity contribution < 1.29 is 23.2 Å². The van der Waals surface area contributed by atoms with Crippen LogP contribution in [0.2, 0.25) is 0 Å². The largest absolute Gasteiger partial charge is 0.494 e. The Morgan fingerprint density at radius 3 is 2.32 bits per heavy atom. The molecule has 3 rings (SSSR count). The number of benzene rings is 1. The van der Waals surface area contributed by atoms with E-state index in [0.717, 1.165) is 12.8 Å². The highest BCUT2D eigenvalue weighted by molar-refractivity contribution is 6.62. The molecule has 0 aromatic heterocycles. The van der Waals surface area contributed by atoms with Crippen LogP contribution in [0.1, 0.15) is 50.9 Å². The summed E-state index contributed by atoms with van der Waals surface area (Å²) in [5.74, 6) is -0.971. The van der Waals surface area contributed by atoms with Crippen LogP contribution in [0.25, 0.3) is 0 Å². The highest BCUT2D eigenvalue weighted by Gasteiger charge is 2.51. The van der Waals surface area contributed by atoms with E-state index in [-0.39, 0.29) is 11.6 Å². The van der Waals surface area contributed by atoms with Gasteiger partial charge in [0.05, 0.1) is 16.8 Å². The standard InChI is InChI=1S/C18H25BFNO4/c1-17(2)18(3,4)25-19(24-17)12-5-6-14(15(20)11-12)16(22)21-13-7-9-23-10-8-13/h5-6,11,13H,7-10H2,1-4H3,(H,21,22). The molecule has 7 heteroatoms. The molecule has 1 amide bonds. The molecule has 0 bridgehead atoms. The molecular weight excluding hydrogens is 324 g/mol. The van der Waals surface area contributed by atoms with Crippen LogP contribution in [0.15, 0.2) is 18.2 Å². The number of hydrogen-bond donors (Lipinski definition) is 1. The van der Waals surface area contributed by atoms with Gasteiger partial charge in [0, 0.05) is 19.3 Å². The predicted molar refractivity (Wildman–Crippen MR) is 93.4 cm³/mol. The summed E-state index contributed by atoms with van der Waals surface area (Å²) in [5.41, 5.74) is -0.383. The molecule has 5 nitrogen and oxygen atoms in total. The van der Waals surface area contributed by atoms with E-state index in [2.05, 4.69) is 5.32 Å². The Labute approximate surface area is 148 Å². The number of carbonyl (C=O) groups is 1. The fourth-order valence-electron chi connectivity index (χ4n) is 2.95. The molecule has 1 N–H and O–H groups in total. The average Bonchev–Trinajstić information content (AvgIpc) is 2.76. The van der Waals surface area contributed by atoms with Crippen LogP contribution in [0.5, 0.6) is 0 Å². The normalized spacial score (nSPS) is 22.8. The molecule has 2 heterocycles. The van der Waals surface area contributed by atoms with E-state index >= 15 is 0 Å². The number of ether oxygens (including phenoxy) is 1. The summed E-state index contributed by atoms with van der Waals surface area (Å²) >= 11 is 0. The summed E-state index contributed by atoms with van der Waals surface area (Å²) in [5, 5.41) is 2.87. The van der Waals surface area contributed by atoms with E-state index in [1.54, 1.807) is 6.07 Å². The van der Waals surface area contributed by atoms with Crippen molar-refractivity contribution >= 4 is 18.5 Å². The minimum atomic E-state index is -0.646. The third-order valence-electron chi connectivity index (χ3n) is 5.32. The first-order valence-corrected chi connectivity index (χ1v) is 8.73. The van der Waals surface area contributed by atoms with E-state index in [1.807, 2.05) is 27.7 Å². The van der Waals surface area contributed by atoms with Gasteiger partial charge >= 0.3 is 7.12 Å². The van der Waals surface area contributed by atoms with Gasteiger partial charge in [0.25, 0.3) is 5.91 Å². The van der Waals surface area contributed by atoms with Crippen LogP contribution < -0.4 is 10.8 Å². The molecule has 0 atom stereocenters. The molecular formula is C18H25BFNO4. The summed E-state index contributed by atoms with van der Waals surface area (Å²) in [6.07, 6.45) is 1.50. The first-order chi connectivity index (χ1) is 11.7. The number of amides is 1. The number of hydrogen-bond acceptors (Lipinski definition) is 4. The van der Waals surface area contributed by atoms with Crippen molar-refractivity contribution in [2.75, 3.05) is 13.2 Å². The molecule has 1 aromatic carbocycles. The van der Waals surface area contributed by atoms with Gasteiger partial charge in [-0.2, -0.15) is 0 Å². The van der Waals surface area contributed by atoms with E-state index < -0.39 is 30.0 Å². The van der Waals surface area contributed by atoms with Gasteiger partial charge in [0.15, 0.2) is 0 Å². The zero-order chi connectivity index (χ0) is 18.2. The lowest BCUT2D eigenvalue weighted by atomic mass is 9.78. The van der Waals surface area contributed by atoms with Crippen LogP contribution in [-0.4, -0.2) is 43.5 Å². The third-order valence-corrected chi connectivity index (χ3v) is 5.32. The average molecular weight is 349 g/mol. The number of rotatable bonds is 3. The molecule has 2 aliphatic rings. The quantitative estimate of drug-likeness (QED) is 0.849. The van der Waals surface area contributed by atoms with Crippen LogP contribution in [-0.2, 0) is 14.0 Å². The Hall–Kier alpha value is -1.44. The number of carbonyl (C=O) groups excluding carboxylic acids is 1. The summed E-state index contributed by atoms with van der Waals surface area (Å²) in [4.78, 5) is 12.3. The maximum Gasteiger partial charge on any atom is 0.494 e. The van der Waals surface area contributed by atoms with Gasteiger partial charge in [-0.1, -0.05) is 6.07 Å². The molecule has 0 unspecified atom stereocenters. The second kappa shape index (κ2) is 6.70. The summed E-state index contributed by atoms with van der Waals surface area (Å²) in [7, 11) is -0.646. The molecule has 2 aliphatic heterocycles. The van der Waals surface area contributed by atoms with E-state index in [9.17, 15) is 9.18 Å². The van der Waals surface area contributed by atoms with Gasteiger partial charge in [-0.05, 0) is 58.1 Å². The summed E-state index contributed by atoms with van der Waals surface area (Å²) in [6, 6.07) is 4.53. The summed E-state index contributed by atoms with van der Waals surface area (Å²) in [6.45, 7) is 9.01. The molecule has 25 heavy (non-hydrogen) atoms. The van der Waals surface area contributed by atoms with Crippen molar-refractivity contribution in [3.8, 4) is 0 Å². The van der Waals surface area contributed by atoms with Crippen molar-refractivity contribution in [3.63, 3.8) is 0 Å². The molecule has 1 aromatic rings. The van der Waals surface area contributed by atoms with Crippen LogP contribution in [0, 0.1) is 5.82 Å². The lowest BCUT2D eigenvalue weighted by Crippen LogP contribution is -2.41. The zero-order valence-corrected chi connectivity index (χ0v) is 15.2. The first-order valence-electron chi connectivity index (χ1n) is 8.73. The maximum atomic E-state index is 14.5. The maximum absolute atomic E-state index is 14.5. The Kier molecular flexibility index (Phi) is 4.92. The van der Waals surface area contributed by atoms with E-state index in [0.29, 0.717) is 18.7 Å². The second-order valence-corrected chi connectivity index (χ2v) is 7.69. The van der Waals surface area contributed by atoms with E-state index in [1.165, 1.54) is 12.1 Å². The SMILES string of the molecule is CC1(C)OB(c2ccc(C(=O)NC3CCOCC3)c(F)c2)OC1(C)C. The molecule has 0 spiro atoms. The molecule has 0 saturated carbocycles. The van der Waals surface area contributed by atoms with Crippen molar-refractivity contribution in [2.24, 2.45) is 0 Å². The predicted octanol–water partition coefficient (Wildman–Crippen LogP) is 2.03. The first kappa shape index (κ1) is 18.4. The van der Waals surface area contributed by atoms with Crippen molar-refractivity contribution in [3.05, 3.63) is 29.6 Å². The Balaban J connectivity index is 1.72. The fourth-order valence-corrected chi connectivity index (χ4v) is 2.95. The molecule has 136 valence electrons. The lowest BCUT2D eigenvalue weighted by Gasteiger charge is -2.32. The minimum Gasteiger partial charge on any atom is -0.399 e. The lowest BCUT2D eigenvalue weighted by molar-refractivity contribution is 0.00578. The van der Waals surface area contributed by atoms with Gasteiger partial charge in [-0.3, -0.25) is 4.79 Å². The molecule has 0 radical (unpaired) electrons. The number of halogens is 1. The van der Waals surface area contributed by atoms with Crippen molar-refractivity contribution in [1.82, 2.24) is 5.32 Å². The van der Waals surface area contributed by atoms with Crippen LogP contribution >= 0.6 is 0 Å². The van der Waals surface area contributed by atoms with E-state index in [4.69, 9.17) is 14.0 Å². The van der Waals surface area contributed by atoms with Gasteiger partial charge in [0.2, 0.25) is 0 Å². The molecule has 0 aliphatic carbocycles. The fraction of sp³-hybridized carbons (Fsp3) is 0.611. The van der Waals surface area contributed by atoms with Crippen molar-refractivity contribution in [1.29, 1.82) is 0 Å². The minimum absolute atomic E-state index is 0.0309. The third kappa shape index (κ3) is 3.73. The monoisotopic (exact) mass is 349 g/mol.